The summed E-state index contributed by atoms with van der Waals surface area (Å²) in [5.74, 6) is -2.09. The minimum Gasteiger partial charge on any atom is -0.481 e. The Bertz CT molecular complexity index is 407. The van der Waals surface area contributed by atoms with Crippen LogP contribution in [0.4, 0.5) is 0 Å². The zero-order chi connectivity index (χ0) is 17.9. The molecule has 0 aromatic carbocycles. The van der Waals surface area contributed by atoms with Gasteiger partial charge in [0.05, 0.1) is 12.0 Å². The highest BCUT2D eigenvalue weighted by molar-refractivity contribution is 6.74. The summed E-state index contributed by atoms with van der Waals surface area (Å²) in [6.45, 7) is 17.8. The Morgan fingerprint density at radius 1 is 1.14 bits per heavy atom. The van der Waals surface area contributed by atoms with E-state index in [4.69, 9.17) is 4.43 Å². The summed E-state index contributed by atoms with van der Waals surface area (Å²) in [6, 6.07) is 0. The third-order valence-corrected chi connectivity index (χ3v) is 8.66. The SMILES string of the molecule is C[C@@H](O[Si](C)(C)C(C)(C)C)[C@H](CC(=O)NC(C)(C)C)C(=O)O. The van der Waals surface area contributed by atoms with Crippen molar-refractivity contribution in [1.82, 2.24) is 5.32 Å². The van der Waals surface area contributed by atoms with Crippen molar-refractivity contribution >= 4 is 20.2 Å². The molecule has 0 fully saturated rings. The Morgan fingerprint density at radius 2 is 1.59 bits per heavy atom. The van der Waals surface area contributed by atoms with Crippen LogP contribution in [0.1, 0.15) is 54.9 Å². The molecule has 0 aromatic rings. The van der Waals surface area contributed by atoms with E-state index >= 15 is 0 Å². The number of carbonyl (C=O) groups is 2. The van der Waals surface area contributed by atoms with Crippen LogP contribution in [-0.2, 0) is 14.0 Å². The first kappa shape index (κ1) is 21.1. The Morgan fingerprint density at radius 3 is 1.91 bits per heavy atom. The average Bonchev–Trinajstić information content (AvgIpc) is 2.20. The molecule has 6 heteroatoms. The van der Waals surface area contributed by atoms with Crippen LogP contribution < -0.4 is 5.32 Å². The van der Waals surface area contributed by atoms with Crippen LogP contribution in [0, 0.1) is 5.92 Å². The van der Waals surface area contributed by atoms with Crippen LogP contribution in [0.3, 0.4) is 0 Å². The summed E-state index contributed by atoms with van der Waals surface area (Å²) in [6.07, 6.45) is -0.563. The highest BCUT2D eigenvalue weighted by Crippen LogP contribution is 2.38. The number of carboxylic acids is 1. The second-order valence-electron chi connectivity index (χ2n) is 8.53. The number of rotatable bonds is 6. The fourth-order valence-electron chi connectivity index (χ4n) is 1.85. The van der Waals surface area contributed by atoms with E-state index in [-0.39, 0.29) is 22.9 Å². The van der Waals surface area contributed by atoms with Gasteiger partial charge < -0.3 is 14.8 Å². The lowest BCUT2D eigenvalue weighted by Gasteiger charge is -2.39. The molecule has 0 bridgehead atoms. The molecule has 0 rings (SSSR count). The van der Waals surface area contributed by atoms with Crippen molar-refractivity contribution in [2.75, 3.05) is 0 Å². The molecule has 2 N–H and O–H groups in total. The number of nitrogens with one attached hydrogen (secondary N) is 1. The van der Waals surface area contributed by atoms with Gasteiger partial charge in [-0.05, 0) is 45.8 Å². The number of amides is 1. The molecule has 0 aliphatic rings. The Hall–Kier alpha value is -0.883. The molecule has 1 amide bonds. The number of carbonyl (C=O) groups excluding carboxylic acids is 1. The summed E-state index contributed by atoms with van der Waals surface area (Å²) >= 11 is 0. The Balaban J connectivity index is 4.97. The van der Waals surface area contributed by atoms with Crippen LogP contribution in [-0.4, -0.2) is 36.9 Å². The van der Waals surface area contributed by atoms with Crippen molar-refractivity contribution in [3.8, 4) is 0 Å². The summed E-state index contributed by atoms with van der Waals surface area (Å²) in [5, 5.41) is 12.2. The van der Waals surface area contributed by atoms with Gasteiger partial charge in [-0.3, -0.25) is 9.59 Å². The van der Waals surface area contributed by atoms with Gasteiger partial charge in [-0.1, -0.05) is 20.8 Å². The second-order valence-corrected chi connectivity index (χ2v) is 13.3. The summed E-state index contributed by atoms with van der Waals surface area (Å²) in [7, 11) is -2.07. The fourth-order valence-corrected chi connectivity index (χ4v) is 3.29. The normalized spacial score (nSPS) is 16.0. The minimum absolute atomic E-state index is 0.00200. The first-order chi connectivity index (χ1) is 9.57. The molecule has 5 nitrogen and oxygen atoms in total. The van der Waals surface area contributed by atoms with Crippen molar-refractivity contribution in [3.63, 3.8) is 0 Å². The van der Waals surface area contributed by atoms with E-state index in [0.29, 0.717) is 0 Å². The van der Waals surface area contributed by atoms with E-state index in [9.17, 15) is 14.7 Å². The third kappa shape index (κ3) is 6.92. The molecule has 0 saturated carbocycles. The van der Waals surface area contributed by atoms with Gasteiger partial charge in [0.2, 0.25) is 5.91 Å². The smallest absolute Gasteiger partial charge is 0.309 e. The van der Waals surface area contributed by atoms with Crippen LogP contribution in [0.25, 0.3) is 0 Å². The molecule has 22 heavy (non-hydrogen) atoms. The number of carboxylic acid groups (broad SMARTS) is 1. The van der Waals surface area contributed by atoms with Crippen molar-refractivity contribution in [2.45, 2.75) is 84.7 Å². The topological polar surface area (TPSA) is 75.6 Å². The van der Waals surface area contributed by atoms with E-state index in [1.54, 1.807) is 6.92 Å². The van der Waals surface area contributed by atoms with Crippen LogP contribution in [0.15, 0.2) is 0 Å². The third-order valence-electron chi connectivity index (χ3n) is 4.09. The quantitative estimate of drug-likeness (QED) is 0.731. The van der Waals surface area contributed by atoms with Crippen molar-refractivity contribution < 1.29 is 19.1 Å². The van der Waals surface area contributed by atoms with Gasteiger partial charge in [0.1, 0.15) is 0 Å². The largest absolute Gasteiger partial charge is 0.481 e. The van der Waals surface area contributed by atoms with Gasteiger partial charge >= 0.3 is 5.97 Å². The maximum absolute atomic E-state index is 12.0. The van der Waals surface area contributed by atoms with Crippen LogP contribution in [0.2, 0.25) is 18.1 Å². The molecule has 0 aromatic heterocycles. The molecular formula is C16H33NO4Si. The zero-order valence-electron chi connectivity index (χ0n) is 15.5. The van der Waals surface area contributed by atoms with Gasteiger partial charge in [-0.2, -0.15) is 0 Å². The van der Waals surface area contributed by atoms with Gasteiger partial charge in [-0.25, -0.2) is 0 Å². The van der Waals surface area contributed by atoms with E-state index < -0.39 is 26.3 Å². The first-order valence-electron chi connectivity index (χ1n) is 7.78. The van der Waals surface area contributed by atoms with E-state index in [1.165, 1.54) is 0 Å². The van der Waals surface area contributed by atoms with E-state index in [2.05, 4.69) is 39.2 Å². The van der Waals surface area contributed by atoms with E-state index in [0.717, 1.165) is 0 Å². The fraction of sp³-hybridized carbons (Fsp3) is 0.875. The molecule has 0 aliphatic heterocycles. The number of aliphatic carboxylic acids is 1. The predicted molar refractivity (Wildman–Crippen MR) is 91.4 cm³/mol. The molecular weight excluding hydrogens is 298 g/mol. The maximum atomic E-state index is 12.0. The summed E-state index contributed by atoms with van der Waals surface area (Å²) in [5.41, 5.74) is -0.371. The van der Waals surface area contributed by atoms with Gasteiger partial charge in [0.25, 0.3) is 0 Å². The standard InChI is InChI=1S/C16H33NO4Si/c1-11(21-22(8,9)16(5,6)7)12(14(19)20)10-13(18)17-15(2,3)4/h11-12H,10H2,1-9H3,(H,17,18)(H,19,20)/t11-,12+/m1/s1. The molecule has 0 saturated heterocycles. The van der Waals surface area contributed by atoms with Gasteiger partial charge in [0, 0.05) is 12.0 Å². The average molecular weight is 332 g/mol. The minimum atomic E-state index is -2.07. The maximum Gasteiger partial charge on any atom is 0.309 e. The highest BCUT2D eigenvalue weighted by Gasteiger charge is 2.41. The molecule has 0 spiro atoms. The van der Waals surface area contributed by atoms with Gasteiger partial charge in [0.15, 0.2) is 8.32 Å². The first-order valence-corrected chi connectivity index (χ1v) is 10.7. The van der Waals surface area contributed by atoms with Crippen LogP contribution in [0.5, 0.6) is 0 Å². The van der Waals surface area contributed by atoms with Crippen molar-refractivity contribution in [3.05, 3.63) is 0 Å². The number of hydrogen-bond acceptors (Lipinski definition) is 3. The Kier molecular flexibility index (Phi) is 6.84. The lowest BCUT2D eigenvalue weighted by atomic mass is 9.98. The lowest BCUT2D eigenvalue weighted by Crippen LogP contribution is -2.48. The predicted octanol–water partition coefficient (Wildman–Crippen LogP) is 3.40. The van der Waals surface area contributed by atoms with Gasteiger partial charge in [-0.15, -0.1) is 0 Å². The van der Waals surface area contributed by atoms with Crippen LogP contribution >= 0.6 is 0 Å². The monoisotopic (exact) mass is 331 g/mol. The summed E-state index contributed by atoms with van der Waals surface area (Å²) < 4.78 is 6.13. The number of hydrogen-bond donors (Lipinski definition) is 2. The van der Waals surface area contributed by atoms with E-state index in [1.807, 2.05) is 20.8 Å². The highest BCUT2D eigenvalue weighted by atomic mass is 28.4. The Labute approximate surface area is 135 Å². The molecule has 0 radical (unpaired) electrons. The molecule has 130 valence electrons. The summed E-state index contributed by atoms with van der Waals surface area (Å²) in [4.78, 5) is 23.6. The molecule has 0 heterocycles. The molecule has 2 atom stereocenters. The van der Waals surface area contributed by atoms with Crippen molar-refractivity contribution in [1.29, 1.82) is 0 Å². The van der Waals surface area contributed by atoms with Crippen molar-refractivity contribution in [2.24, 2.45) is 5.92 Å². The second kappa shape index (κ2) is 7.13. The lowest BCUT2D eigenvalue weighted by molar-refractivity contribution is -0.147. The zero-order valence-corrected chi connectivity index (χ0v) is 16.5. The molecule has 0 unspecified atom stereocenters. The molecule has 0 aliphatic carbocycles.